The Kier molecular flexibility index (Phi) is 4.68. The second-order valence-corrected chi connectivity index (χ2v) is 8.11. The zero-order valence-corrected chi connectivity index (χ0v) is 15.1. The quantitative estimate of drug-likeness (QED) is 0.583. The standard InChI is InChI=1S/C17H18Cl2N2O4/c1-16(9-17(16,18)19)15(24)25-8-13(22)21-12-5-3-2-4-11(12)14(23)20-10-6-7-10/h2-5,10H,6-9H2,1H3,(H,20,23)(H,21,22)/t16-/m1/s1. The van der Waals surface area contributed by atoms with Crippen LogP contribution in [0.25, 0.3) is 0 Å². The highest BCUT2D eigenvalue weighted by Gasteiger charge is 2.69. The van der Waals surface area contributed by atoms with Gasteiger partial charge in [0, 0.05) is 12.5 Å². The van der Waals surface area contributed by atoms with Gasteiger partial charge in [-0.2, -0.15) is 0 Å². The largest absolute Gasteiger partial charge is 0.455 e. The summed E-state index contributed by atoms with van der Waals surface area (Å²) < 4.78 is 3.85. The summed E-state index contributed by atoms with van der Waals surface area (Å²) in [6.45, 7) is 1.11. The molecule has 6 nitrogen and oxygen atoms in total. The Morgan fingerprint density at radius 3 is 2.48 bits per heavy atom. The van der Waals surface area contributed by atoms with Crippen molar-refractivity contribution in [1.29, 1.82) is 0 Å². The Bertz CT molecular complexity index is 733. The van der Waals surface area contributed by atoms with E-state index in [4.69, 9.17) is 27.9 Å². The van der Waals surface area contributed by atoms with Crippen molar-refractivity contribution in [2.24, 2.45) is 5.41 Å². The summed E-state index contributed by atoms with van der Waals surface area (Å²) >= 11 is 11.8. The van der Waals surface area contributed by atoms with Gasteiger partial charge in [0.05, 0.1) is 11.3 Å². The molecule has 2 fully saturated rings. The highest BCUT2D eigenvalue weighted by Crippen LogP contribution is 2.64. The zero-order chi connectivity index (χ0) is 18.2. The van der Waals surface area contributed by atoms with Crippen LogP contribution in [0, 0.1) is 5.41 Å². The number of halogens is 2. The first-order chi connectivity index (χ1) is 11.7. The minimum atomic E-state index is -1.14. The molecule has 2 aliphatic carbocycles. The third-order valence-electron chi connectivity index (χ3n) is 4.40. The first-order valence-corrected chi connectivity index (χ1v) is 8.73. The van der Waals surface area contributed by atoms with E-state index in [1.807, 2.05) is 0 Å². The number of hydrogen-bond acceptors (Lipinski definition) is 4. The second-order valence-electron chi connectivity index (χ2n) is 6.63. The van der Waals surface area contributed by atoms with E-state index in [1.165, 1.54) is 0 Å². The minimum absolute atomic E-state index is 0.211. The van der Waals surface area contributed by atoms with Crippen molar-refractivity contribution in [2.75, 3.05) is 11.9 Å². The molecule has 0 bridgehead atoms. The molecule has 25 heavy (non-hydrogen) atoms. The molecule has 134 valence electrons. The van der Waals surface area contributed by atoms with E-state index >= 15 is 0 Å². The number of nitrogens with one attached hydrogen (secondary N) is 2. The zero-order valence-electron chi connectivity index (χ0n) is 13.6. The lowest BCUT2D eigenvalue weighted by Gasteiger charge is -2.13. The van der Waals surface area contributed by atoms with Gasteiger partial charge < -0.3 is 15.4 Å². The van der Waals surface area contributed by atoms with Crippen LogP contribution in [0.1, 0.15) is 36.5 Å². The first kappa shape index (κ1) is 18.0. The topological polar surface area (TPSA) is 84.5 Å². The normalized spacial score (nSPS) is 23.5. The monoisotopic (exact) mass is 384 g/mol. The van der Waals surface area contributed by atoms with Crippen molar-refractivity contribution in [3.63, 3.8) is 0 Å². The average Bonchev–Trinajstić information content (AvgIpc) is 3.44. The number of rotatable bonds is 6. The SMILES string of the molecule is C[C@]1(C(=O)OCC(=O)Nc2ccccc2C(=O)NC2CC2)CC1(Cl)Cl. The van der Waals surface area contributed by atoms with E-state index in [2.05, 4.69) is 10.6 Å². The van der Waals surface area contributed by atoms with E-state index < -0.39 is 28.2 Å². The minimum Gasteiger partial charge on any atom is -0.455 e. The lowest BCUT2D eigenvalue weighted by atomic mass is 10.1. The van der Waals surface area contributed by atoms with Crippen molar-refractivity contribution in [2.45, 2.75) is 36.6 Å². The molecule has 0 heterocycles. The van der Waals surface area contributed by atoms with E-state index in [-0.39, 0.29) is 18.4 Å². The van der Waals surface area contributed by atoms with Crippen LogP contribution in [-0.2, 0) is 14.3 Å². The van der Waals surface area contributed by atoms with Crippen LogP contribution >= 0.6 is 23.2 Å². The Balaban J connectivity index is 1.56. The third kappa shape index (κ3) is 3.90. The van der Waals surface area contributed by atoms with Gasteiger partial charge in [-0.25, -0.2) is 0 Å². The maximum absolute atomic E-state index is 12.2. The molecule has 1 aromatic rings. The fraction of sp³-hybridized carbons (Fsp3) is 0.471. The maximum atomic E-state index is 12.2. The highest BCUT2D eigenvalue weighted by atomic mass is 35.5. The van der Waals surface area contributed by atoms with Crippen molar-refractivity contribution < 1.29 is 19.1 Å². The number of hydrogen-bond donors (Lipinski definition) is 2. The molecule has 0 unspecified atom stereocenters. The number of esters is 1. The second kappa shape index (κ2) is 6.50. The summed E-state index contributed by atoms with van der Waals surface area (Å²) in [5.74, 6) is -1.40. The number of benzene rings is 1. The van der Waals surface area contributed by atoms with Crippen molar-refractivity contribution >= 4 is 46.7 Å². The molecule has 0 spiro atoms. The average molecular weight is 385 g/mol. The van der Waals surface area contributed by atoms with Gasteiger partial charge in [0.1, 0.15) is 9.75 Å². The van der Waals surface area contributed by atoms with Crippen LogP contribution < -0.4 is 10.6 Å². The lowest BCUT2D eigenvalue weighted by Crippen LogP contribution is -2.29. The fourth-order valence-corrected chi connectivity index (χ4v) is 3.07. The van der Waals surface area contributed by atoms with Crippen LogP contribution in [0.15, 0.2) is 24.3 Å². The molecule has 2 aliphatic rings. The number of carbonyl (C=O) groups is 3. The Morgan fingerprint density at radius 1 is 1.24 bits per heavy atom. The van der Waals surface area contributed by atoms with Crippen LogP contribution in [0.3, 0.4) is 0 Å². The van der Waals surface area contributed by atoms with Crippen molar-refractivity contribution in [3.8, 4) is 0 Å². The van der Waals surface area contributed by atoms with Gasteiger partial charge in [0.25, 0.3) is 11.8 Å². The van der Waals surface area contributed by atoms with E-state index in [0.717, 1.165) is 12.8 Å². The molecule has 2 amide bonds. The van der Waals surface area contributed by atoms with Crippen molar-refractivity contribution in [3.05, 3.63) is 29.8 Å². The summed E-state index contributed by atoms with van der Waals surface area (Å²) in [4.78, 5) is 36.2. The first-order valence-electron chi connectivity index (χ1n) is 7.98. The van der Waals surface area contributed by atoms with E-state index in [0.29, 0.717) is 11.3 Å². The molecule has 1 atom stereocenters. The maximum Gasteiger partial charge on any atom is 0.315 e. The molecule has 1 aromatic carbocycles. The number of para-hydroxylation sites is 1. The smallest absolute Gasteiger partial charge is 0.315 e. The summed E-state index contributed by atoms with van der Waals surface area (Å²) in [7, 11) is 0. The van der Waals surface area contributed by atoms with Crippen LogP contribution in [0.2, 0.25) is 0 Å². The summed E-state index contributed by atoms with van der Waals surface area (Å²) in [5.41, 5.74) is -0.259. The Morgan fingerprint density at radius 2 is 1.88 bits per heavy atom. The van der Waals surface area contributed by atoms with Crippen LogP contribution in [-0.4, -0.2) is 34.8 Å². The number of amides is 2. The third-order valence-corrected chi connectivity index (χ3v) is 5.50. The van der Waals surface area contributed by atoms with Gasteiger partial charge in [-0.15, -0.1) is 23.2 Å². The number of carbonyl (C=O) groups excluding carboxylic acids is 3. The summed E-state index contributed by atoms with van der Waals surface area (Å²) in [6, 6.07) is 6.87. The molecular weight excluding hydrogens is 367 g/mol. The van der Waals surface area contributed by atoms with E-state index in [9.17, 15) is 14.4 Å². The fourth-order valence-electron chi connectivity index (χ4n) is 2.38. The molecular formula is C17H18Cl2N2O4. The predicted molar refractivity (Wildman–Crippen MR) is 93.7 cm³/mol. The summed E-state index contributed by atoms with van der Waals surface area (Å²) in [6.07, 6.45) is 2.23. The van der Waals surface area contributed by atoms with Gasteiger partial charge in [0.15, 0.2) is 6.61 Å². The Hall–Kier alpha value is -1.79. The molecule has 0 radical (unpaired) electrons. The highest BCUT2D eigenvalue weighted by molar-refractivity contribution is 6.53. The lowest BCUT2D eigenvalue weighted by molar-refractivity contribution is -0.152. The molecule has 8 heteroatoms. The van der Waals surface area contributed by atoms with Gasteiger partial charge in [0.2, 0.25) is 0 Å². The molecule has 0 aromatic heterocycles. The van der Waals surface area contributed by atoms with Crippen LogP contribution in [0.5, 0.6) is 0 Å². The molecule has 3 rings (SSSR count). The van der Waals surface area contributed by atoms with Gasteiger partial charge >= 0.3 is 5.97 Å². The number of ether oxygens (including phenoxy) is 1. The summed E-state index contributed by atoms with van der Waals surface area (Å²) in [5, 5.41) is 5.46. The van der Waals surface area contributed by atoms with Gasteiger partial charge in [-0.05, 0) is 31.9 Å². The molecule has 0 aliphatic heterocycles. The predicted octanol–water partition coefficient (Wildman–Crippen LogP) is 2.64. The Labute approximate surface area is 155 Å². The molecule has 0 saturated heterocycles. The number of anilines is 1. The van der Waals surface area contributed by atoms with Gasteiger partial charge in [-0.3, -0.25) is 14.4 Å². The van der Waals surface area contributed by atoms with Crippen LogP contribution in [0.4, 0.5) is 5.69 Å². The van der Waals surface area contributed by atoms with E-state index in [1.54, 1.807) is 31.2 Å². The molecule has 2 N–H and O–H groups in total. The number of alkyl halides is 2. The van der Waals surface area contributed by atoms with Crippen molar-refractivity contribution in [1.82, 2.24) is 5.32 Å². The van der Waals surface area contributed by atoms with Gasteiger partial charge in [-0.1, -0.05) is 12.1 Å². The molecule has 2 saturated carbocycles.